The van der Waals surface area contributed by atoms with Crippen LogP contribution in [0.3, 0.4) is 0 Å². The molecule has 1 aliphatic heterocycles. The topological polar surface area (TPSA) is 63.1 Å². The van der Waals surface area contributed by atoms with Crippen LogP contribution < -0.4 is 5.32 Å². The van der Waals surface area contributed by atoms with Gasteiger partial charge in [-0.1, -0.05) is 0 Å². The molecule has 2 aromatic heterocycles. The second kappa shape index (κ2) is 5.09. The Morgan fingerprint density at radius 2 is 2.20 bits per heavy atom. The number of pyridine rings is 1. The Hall–Kier alpha value is -2.15. The van der Waals surface area contributed by atoms with Gasteiger partial charge in [-0.3, -0.25) is 0 Å². The van der Waals surface area contributed by atoms with Crippen molar-refractivity contribution in [2.75, 3.05) is 5.32 Å². The average molecular weight is 334 g/mol. The fourth-order valence-electron chi connectivity index (χ4n) is 1.98. The number of allylic oxidation sites excluding steroid dienone is 1. The third kappa shape index (κ3) is 2.32. The lowest BCUT2D eigenvalue weighted by molar-refractivity contribution is 0.608. The van der Waals surface area contributed by atoms with Crippen LogP contribution in [0.15, 0.2) is 34.3 Å². The van der Waals surface area contributed by atoms with E-state index in [1.807, 2.05) is 6.07 Å². The maximum absolute atomic E-state index is 13.9. The van der Waals surface area contributed by atoms with E-state index in [0.717, 1.165) is 27.6 Å². The molecule has 3 heterocycles. The van der Waals surface area contributed by atoms with E-state index in [1.165, 1.54) is 0 Å². The molecule has 3 rings (SSSR count). The highest BCUT2D eigenvalue weighted by Gasteiger charge is 2.18. The van der Waals surface area contributed by atoms with E-state index >= 15 is 0 Å². The van der Waals surface area contributed by atoms with Crippen molar-refractivity contribution < 1.29 is 4.39 Å². The number of rotatable bonds is 2. The summed E-state index contributed by atoms with van der Waals surface area (Å²) in [6.45, 7) is 3.35. The summed E-state index contributed by atoms with van der Waals surface area (Å²) in [7, 11) is 0. The van der Waals surface area contributed by atoms with Gasteiger partial charge in [0.05, 0.1) is 18.1 Å². The molecule has 0 aromatic carbocycles. The maximum Gasteiger partial charge on any atom is 0.249 e. The summed E-state index contributed by atoms with van der Waals surface area (Å²) >= 11 is 3.32. The number of nitrogens with zero attached hydrogens (tertiary/aromatic N) is 4. The van der Waals surface area contributed by atoms with E-state index < -0.39 is 5.82 Å². The molecule has 0 fully saturated rings. The minimum Gasteiger partial charge on any atom is -0.360 e. The standard InChI is InChI=1S/C13H9BrFN5/c1-16-13-19-5-9(15)12(20-13)8-2-7-3-11(14)18-6-10(7)17-4-8/h3-6,17H,1-2H2. The molecule has 1 N–H and O–H groups in total. The summed E-state index contributed by atoms with van der Waals surface area (Å²) in [5, 5.41) is 3.08. The molecule has 0 atom stereocenters. The molecular weight excluding hydrogens is 325 g/mol. The number of hydrogen-bond acceptors (Lipinski definition) is 5. The Bertz CT molecular complexity index is 729. The van der Waals surface area contributed by atoms with Crippen LogP contribution in [0.5, 0.6) is 0 Å². The molecule has 20 heavy (non-hydrogen) atoms. The summed E-state index contributed by atoms with van der Waals surface area (Å²) < 4.78 is 14.6. The van der Waals surface area contributed by atoms with Crippen molar-refractivity contribution >= 4 is 39.9 Å². The lowest BCUT2D eigenvalue weighted by Crippen LogP contribution is -2.08. The Balaban J connectivity index is 2.01. The zero-order valence-electron chi connectivity index (χ0n) is 10.3. The van der Waals surface area contributed by atoms with Crippen molar-refractivity contribution in [3.8, 4) is 0 Å². The number of halogens is 2. The minimum absolute atomic E-state index is 0.156. The van der Waals surface area contributed by atoms with Gasteiger partial charge in [0.15, 0.2) is 5.82 Å². The molecule has 2 aromatic rings. The molecule has 0 aliphatic carbocycles. The SMILES string of the molecule is C=Nc1ncc(F)c(C2=CNc3cnc(Br)cc3C2)n1. The highest BCUT2D eigenvalue weighted by Crippen LogP contribution is 2.30. The third-order valence-electron chi connectivity index (χ3n) is 2.92. The predicted molar refractivity (Wildman–Crippen MR) is 78.4 cm³/mol. The zero-order chi connectivity index (χ0) is 14.1. The predicted octanol–water partition coefficient (Wildman–Crippen LogP) is 3.11. The minimum atomic E-state index is -0.484. The van der Waals surface area contributed by atoms with Crippen LogP contribution in [0.2, 0.25) is 0 Å². The van der Waals surface area contributed by atoms with Crippen molar-refractivity contribution in [3.63, 3.8) is 0 Å². The first-order valence-electron chi connectivity index (χ1n) is 5.77. The van der Waals surface area contributed by atoms with Crippen LogP contribution in [-0.4, -0.2) is 21.7 Å². The smallest absolute Gasteiger partial charge is 0.249 e. The Morgan fingerprint density at radius 3 is 3.00 bits per heavy atom. The van der Waals surface area contributed by atoms with E-state index in [1.54, 1.807) is 12.4 Å². The van der Waals surface area contributed by atoms with Crippen molar-refractivity contribution in [1.29, 1.82) is 0 Å². The van der Waals surface area contributed by atoms with Crippen molar-refractivity contribution in [1.82, 2.24) is 15.0 Å². The van der Waals surface area contributed by atoms with Crippen LogP contribution in [0.1, 0.15) is 11.3 Å². The molecule has 7 heteroatoms. The molecule has 1 aliphatic rings. The van der Waals surface area contributed by atoms with Crippen LogP contribution >= 0.6 is 15.9 Å². The molecule has 0 amide bonds. The maximum atomic E-state index is 13.9. The first-order valence-corrected chi connectivity index (χ1v) is 6.56. The Kier molecular flexibility index (Phi) is 3.27. The van der Waals surface area contributed by atoms with Gasteiger partial charge >= 0.3 is 0 Å². The van der Waals surface area contributed by atoms with Gasteiger partial charge in [0.25, 0.3) is 0 Å². The largest absolute Gasteiger partial charge is 0.360 e. The summed E-state index contributed by atoms with van der Waals surface area (Å²) in [5.74, 6) is -0.328. The average Bonchev–Trinajstić information content (AvgIpc) is 2.47. The van der Waals surface area contributed by atoms with E-state index in [2.05, 4.69) is 47.9 Å². The summed E-state index contributed by atoms with van der Waals surface area (Å²) in [4.78, 5) is 15.5. The second-order valence-corrected chi connectivity index (χ2v) is 4.99. The second-order valence-electron chi connectivity index (χ2n) is 4.18. The Morgan fingerprint density at radius 1 is 1.35 bits per heavy atom. The molecule has 0 radical (unpaired) electrons. The molecule has 0 saturated carbocycles. The number of hydrogen-bond donors (Lipinski definition) is 1. The lowest BCUT2D eigenvalue weighted by Gasteiger charge is -2.18. The van der Waals surface area contributed by atoms with Crippen molar-refractivity contribution in [3.05, 3.63) is 46.3 Å². The summed E-state index contributed by atoms with van der Waals surface area (Å²) in [6.07, 6.45) is 5.09. The molecule has 0 bridgehead atoms. The number of aromatic nitrogens is 3. The summed E-state index contributed by atoms with van der Waals surface area (Å²) in [5.41, 5.74) is 2.86. The monoisotopic (exact) mass is 333 g/mol. The third-order valence-corrected chi connectivity index (χ3v) is 3.35. The van der Waals surface area contributed by atoms with Crippen molar-refractivity contribution in [2.45, 2.75) is 6.42 Å². The van der Waals surface area contributed by atoms with Gasteiger partial charge in [-0.2, -0.15) is 0 Å². The number of aliphatic imine (C=N–C) groups is 1. The molecule has 5 nitrogen and oxygen atoms in total. The highest BCUT2D eigenvalue weighted by molar-refractivity contribution is 9.10. The fraction of sp³-hybridized carbons (Fsp3) is 0.0769. The molecular formula is C13H9BrFN5. The highest BCUT2D eigenvalue weighted by atomic mass is 79.9. The normalized spacial score (nSPS) is 13.2. The van der Waals surface area contributed by atoms with Gasteiger partial charge in [0.2, 0.25) is 5.95 Å². The molecule has 100 valence electrons. The number of nitrogens with one attached hydrogen (secondary N) is 1. The zero-order valence-corrected chi connectivity index (χ0v) is 11.9. The van der Waals surface area contributed by atoms with Gasteiger partial charge < -0.3 is 5.32 Å². The van der Waals surface area contributed by atoms with E-state index in [-0.39, 0.29) is 11.6 Å². The lowest BCUT2D eigenvalue weighted by atomic mass is 10.00. The van der Waals surface area contributed by atoms with Gasteiger partial charge in [0, 0.05) is 18.2 Å². The fourth-order valence-corrected chi connectivity index (χ4v) is 2.36. The van der Waals surface area contributed by atoms with E-state index in [9.17, 15) is 4.39 Å². The van der Waals surface area contributed by atoms with Gasteiger partial charge in [-0.05, 0) is 34.3 Å². The van der Waals surface area contributed by atoms with Crippen LogP contribution in [0, 0.1) is 5.82 Å². The summed E-state index contributed by atoms with van der Waals surface area (Å²) in [6, 6.07) is 1.89. The van der Waals surface area contributed by atoms with Crippen molar-refractivity contribution in [2.24, 2.45) is 4.99 Å². The van der Waals surface area contributed by atoms with Crippen LogP contribution in [0.4, 0.5) is 16.0 Å². The first-order chi connectivity index (χ1) is 9.67. The number of anilines is 1. The quantitative estimate of drug-likeness (QED) is 0.677. The van der Waals surface area contributed by atoms with Crippen LogP contribution in [0.25, 0.3) is 5.57 Å². The molecule has 0 saturated heterocycles. The Labute approximate surface area is 122 Å². The van der Waals surface area contributed by atoms with E-state index in [4.69, 9.17) is 0 Å². The van der Waals surface area contributed by atoms with Gasteiger partial charge in [-0.15, -0.1) is 0 Å². The van der Waals surface area contributed by atoms with Gasteiger partial charge in [0.1, 0.15) is 10.3 Å². The van der Waals surface area contributed by atoms with Crippen LogP contribution in [-0.2, 0) is 6.42 Å². The molecule has 0 unspecified atom stereocenters. The number of fused-ring (bicyclic) bond motifs is 1. The van der Waals surface area contributed by atoms with E-state index in [0.29, 0.717) is 6.42 Å². The van der Waals surface area contributed by atoms with Gasteiger partial charge in [-0.25, -0.2) is 24.3 Å². The molecule has 0 spiro atoms. The first kappa shape index (κ1) is 12.9.